The Balaban J connectivity index is 2.58. The van der Waals surface area contributed by atoms with Crippen LogP contribution in [0.3, 0.4) is 0 Å². The third kappa shape index (κ3) is 2.59. The molecule has 0 atom stereocenters. The second-order valence-electron chi connectivity index (χ2n) is 4.21. The van der Waals surface area contributed by atoms with Gasteiger partial charge in [-0.05, 0) is 12.1 Å². The summed E-state index contributed by atoms with van der Waals surface area (Å²) < 4.78 is 38.4. The summed E-state index contributed by atoms with van der Waals surface area (Å²) in [6, 6.07) is 8.46. The van der Waals surface area contributed by atoms with Crippen LogP contribution in [0.4, 0.5) is 13.2 Å². The number of aromatic nitrogens is 2. The SMILES string of the molecule is Cn1c(C(C#N)=C(O)CC(F)(F)F)nc2ccccc21. The van der Waals surface area contributed by atoms with Gasteiger partial charge in [0.1, 0.15) is 23.8 Å². The fraction of sp³-hybridized carbons (Fsp3) is 0.231. The molecule has 104 valence electrons. The smallest absolute Gasteiger partial charge is 0.396 e. The molecule has 1 N–H and O–H groups in total. The Kier molecular flexibility index (Phi) is 3.40. The molecule has 1 heterocycles. The van der Waals surface area contributed by atoms with E-state index in [0.717, 1.165) is 0 Å². The van der Waals surface area contributed by atoms with Crippen LogP contribution in [0, 0.1) is 11.3 Å². The van der Waals surface area contributed by atoms with E-state index in [1.165, 1.54) is 4.57 Å². The number of para-hydroxylation sites is 2. The van der Waals surface area contributed by atoms with Gasteiger partial charge in [-0.25, -0.2) is 4.98 Å². The van der Waals surface area contributed by atoms with Gasteiger partial charge in [-0.2, -0.15) is 18.4 Å². The Morgan fingerprint density at radius 1 is 1.40 bits per heavy atom. The molecule has 0 fully saturated rings. The second kappa shape index (κ2) is 4.89. The number of halogens is 3. The van der Waals surface area contributed by atoms with E-state index < -0.39 is 23.9 Å². The van der Waals surface area contributed by atoms with E-state index in [0.29, 0.717) is 11.0 Å². The Bertz CT molecular complexity index is 723. The number of rotatable bonds is 2. The van der Waals surface area contributed by atoms with Gasteiger partial charge in [-0.1, -0.05) is 12.1 Å². The van der Waals surface area contributed by atoms with Crippen molar-refractivity contribution in [1.29, 1.82) is 5.26 Å². The van der Waals surface area contributed by atoms with Gasteiger partial charge in [-0.15, -0.1) is 0 Å². The third-order valence-electron chi connectivity index (χ3n) is 2.78. The number of nitrogens with zero attached hydrogens (tertiary/aromatic N) is 3. The molecule has 4 nitrogen and oxygen atoms in total. The first-order valence-electron chi connectivity index (χ1n) is 5.64. The zero-order valence-electron chi connectivity index (χ0n) is 10.4. The number of aliphatic hydroxyl groups excluding tert-OH is 1. The number of hydrogen-bond donors (Lipinski definition) is 1. The van der Waals surface area contributed by atoms with Crippen molar-refractivity contribution in [3.05, 3.63) is 35.8 Å². The number of alkyl halides is 3. The molecule has 0 saturated carbocycles. The van der Waals surface area contributed by atoms with E-state index in [2.05, 4.69) is 4.98 Å². The minimum absolute atomic E-state index is 0.00968. The summed E-state index contributed by atoms with van der Waals surface area (Å²) in [4.78, 5) is 4.09. The van der Waals surface area contributed by atoms with Crippen LogP contribution in [0.5, 0.6) is 0 Å². The lowest BCUT2D eigenvalue weighted by atomic mass is 10.2. The lowest BCUT2D eigenvalue weighted by Gasteiger charge is -2.07. The molecule has 20 heavy (non-hydrogen) atoms. The number of fused-ring (bicyclic) bond motifs is 1. The zero-order chi connectivity index (χ0) is 14.9. The van der Waals surface area contributed by atoms with Crippen LogP contribution in [0.15, 0.2) is 30.0 Å². The summed E-state index contributed by atoms with van der Waals surface area (Å²) >= 11 is 0. The summed E-state index contributed by atoms with van der Waals surface area (Å²) in [5.41, 5.74) is 0.730. The van der Waals surface area contributed by atoms with Crippen LogP contribution in [0.1, 0.15) is 12.2 Å². The quantitative estimate of drug-likeness (QED) is 0.678. The van der Waals surface area contributed by atoms with Gasteiger partial charge in [0.05, 0.1) is 11.0 Å². The van der Waals surface area contributed by atoms with Gasteiger partial charge in [-0.3, -0.25) is 0 Å². The van der Waals surface area contributed by atoms with Crippen molar-refractivity contribution >= 4 is 16.6 Å². The lowest BCUT2D eigenvalue weighted by molar-refractivity contribution is -0.132. The van der Waals surface area contributed by atoms with E-state index in [4.69, 9.17) is 5.26 Å². The van der Waals surface area contributed by atoms with Crippen molar-refractivity contribution in [2.45, 2.75) is 12.6 Å². The summed E-state index contributed by atoms with van der Waals surface area (Å²) in [5, 5.41) is 18.5. The molecule has 0 saturated heterocycles. The molecule has 1 aromatic carbocycles. The number of hydrogen-bond acceptors (Lipinski definition) is 3. The van der Waals surface area contributed by atoms with Crippen molar-refractivity contribution in [2.75, 3.05) is 0 Å². The maximum Gasteiger partial charge on any atom is 0.396 e. The highest BCUT2D eigenvalue weighted by Crippen LogP contribution is 2.28. The summed E-state index contributed by atoms with van der Waals surface area (Å²) in [7, 11) is 1.57. The summed E-state index contributed by atoms with van der Waals surface area (Å²) in [6.45, 7) is 0. The van der Waals surface area contributed by atoms with E-state index in [9.17, 15) is 18.3 Å². The summed E-state index contributed by atoms with van der Waals surface area (Å²) in [5.74, 6) is -1.02. The topological polar surface area (TPSA) is 61.8 Å². The fourth-order valence-corrected chi connectivity index (χ4v) is 1.89. The number of aryl methyl sites for hydroxylation is 1. The van der Waals surface area contributed by atoms with E-state index in [-0.39, 0.29) is 5.82 Å². The predicted octanol–water partition coefficient (Wildman–Crippen LogP) is 3.32. The average Bonchev–Trinajstić information content (AvgIpc) is 2.66. The van der Waals surface area contributed by atoms with Crippen molar-refractivity contribution in [3.63, 3.8) is 0 Å². The van der Waals surface area contributed by atoms with Crippen molar-refractivity contribution in [1.82, 2.24) is 9.55 Å². The van der Waals surface area contributed by atoms with Crippen LogP contribution in [-0.4, -0.2) is 20.8 Å². The molecule has 0 unspecified atom stereocenters. The molecule has 2 aromatic rings. The number of imidazole rings is 1. The number of benzene rings is 1. The molecule has 0 spiro atoms. The van der Waals surface area contributed by atoms with Gasteiger partial charge in [0.15, 0.2) is 5.82 Å². The fourth-order valence-electron chi connectivity index (χ4n) is 1.89. The molecule has 2 rings (SSSR count). The second-order valence-corrected chi connectivity index (χ2v) is 4.21. The van der Waals surface area contributed by atoms with Crippen LogP contribution in [-0.2, 0) is 7.05 Å². The summed E-state index contributed by atoms with van der Waals surface area (Å²) in [6.07, 6.45) is -6.14. The molecule has 0 bridgehead atoms. The molecule has 0 radical (unpaired) electrons. The minimum atomic E-state index is -4.59. The molecular weight excluding hydrogens is 271 g/mol. The van der Waals surface area contributed by atoms with Crippen molar-refractivity contribution < 1.29 is 18.3 Å². The Morgan fingerprint density at radius 3 is 2.60 bits per heavy atom. The average molecular weight is 281 g/mol. The zero-order valence-corrected chi connectivity index (χ0v) is 10.4. The van der Waals surface area contributed by atoms with E-state index in [1.54, 1.807) is 37.4 Å². The Morgan fingerprint density at radius 2 is 2.05 bits per heavy atom. The predicted molar refractivity (Wildman–Crippen MR) is 66.5 cm³/mol. The monoisotopic (exact) mass is 281 g/mol. The molecular formula is C13H10F3N3O. The van der Waals surface area contributed by atoms with Crippen LogP contribution in [0.25, 0.3) is 16.6 Å². The van der Waals surface area contributed by atoms with Crippen LogP contribution in [0.2, 0.25) is 0 Å². The van der Waals surface area contributed by atoms with Gasteiger partial charge >= 0.3 is 6.18 Å². The Hall–Kier alpha value is -2.49. The highest BCUT2D eigenvalue weighted by molar-refractivity contribution is 5.83. The molecule has 0 amide bonds. The molecule has 7 heteroatoms. The lowest BCUT2D eigenvalue weighted by Crippen LogP contribution is -2.10. The molecule has 0 aliphatic rings. The molecule has 0 aliphatic heterocycles. The normalized spacial score (nSPS) is 13.2. The Labute approximate surface area is 112 Å². The number of nitriles is 1. The van der Waals surface area contributed by atoms with E-state index in [1.807, 2.05) is 0 Å². The van der Waals surface area contributed by atoms with Crippen LogP contribution >= 0.6 is 0 Å². The van der Waals surface area contributed by atoms with Crippen molar-refractivity contribution in [3.8, 4) is 6.07 Å². The van der Waals surface area contributed by atoms with Crippen LogP contribution < -0.4 is 0 Å². The molecule has 1 aromatic heterocycles. The van der Waals surface area contributed by atoms with Gasteiger partial charge in [0, 0.05) is 7.05 Å². The maximum absolute atomic E-state index is 12.3. The number of aliphatic hydroxyl groups is 1. The first kappa shape index (κ1) is 13.9. The standard InChI is InChI=1S/C13H10F3N3O/c1-19-10-5-3-2-4-9(10)18-12(19)8(7-17)11(20)6-13(14,15)16/h2-5,20H,6H2,1H3. The number of allylic oxidation sites excluding steroid dienone is 2. The largest absolute Gasteiger partial charge is 0.510 e. The first-order chi connectivity index (χ1) is 9.33. The van der Waals surface area contributed by atoms with Crippen molar-refractivity contribution in [2.24, 2.45) is 7.05 Å². The van der Waals surface area contributed by atoms with E-state index >= 15 is 0 Å². The highest BCUT2D eigenvalue weighted by Gasteiger charge is 2.31. The minimum Gasteiger partial charge on any atom is -0.510 e. The maximum atomic E-state index is 12.3. The first-order valence-corrected chi connectivity index (χ1v) is 5.64. The third-order valence-corrected chi connectivity index (χ3v) is 2.78. The van der Waals surface area contributed by atoms with Gasteiger partial charge in [0.2, 0.25) is 0 Å². The van der Waals surface area contributed by atoms with Gasteiger partial charge < -0.3 is 9.67 Å². The molecule has 0 aliphatic carbocycles. The van der Waals surface area contributed by atoms with Gasteiger partial charge in [0.25, 0.3) is 0 Å². The highest BCUT2D eigenvalue weighted by atomic mass is 19.4.